The first-order valence-electron chi connectivity index (χ1n) is 8.28. The normalized spacial score (nSPS) is 51.8. The predicted octanol–water partition coefficient (Wildman–Crippen LogP) is 1.09. The first-order chi connectivity index (χ1) is 10.6. The van der Waals surface area contributed by atoms with E-state index in [0.717, 1.165) is 12.8 Å². The summed E-state index contributed by atoms with van der Waals surface area (Å²) in [4.78, 5) is 12.3. The van der Waals surface area contributed by atoms with Crippen LogP contribution < -0.4 is 0 Å². The zero-order valence-corrected chi connectivity index (χ0v) is 14.5. The van der Waals surface area contributed by atoms with Gasteiger partial charge in [0, 0.05) is 14.2 Å². The number of cyclic esters (lactones) is 1. The molecule has 6 heteroatoms. The molecule has 2 N–H and O–H groups in total. The van der Waals surface area contributed by atoms with Crippen LogP contribution in [0.3, 0.4) is 0 Å². The first-order valence-corrected chi connectivity index (χ1v) is 8.28. The van der Waals surface area contributed by atoms with Crippen LogP contribution in [0.1, 0.15) is 40.0 Å². The minimum Gasteiger partial charge on any atom is -0.432 e. The summed E-state index contributed by atoms with van der Waals surface area (Å²) >= 11 is 0. The molecule has 3 rings (SSSR count). The van der Waals surface area contributed by atoms with Crippen LogP contribution in [0.15, 0.2) is 0 Å². The number of methoxy groups -OCH3 is 2. The Hall–Kier alpha value is -0.690. The number of esters is 1. The number of aliphatic hydroxyl groups is 2. The van der Waals surface area contributed by atoms with Gasteiger partial charge in [-0.05, 0) is 43.4 Å². The van der Waals surface area contributed by atoms with Gasteiger partial charge in [0.25, 0.3) is 0 Å². The van der Waals surface area contributed by atoms with Crippen LogP contribution in [0.5, 0.6) is 0 Å². The van der Waals surface area contributed by atoms with Crippen LogP contribution in [0, 0.1) is 23.2 Å². The number of ether oxygens (including phenoxy) is 3. The molecule has 132 valence electrons. The Morgan fingerprint density at radius 3 is 2.39 bits per heavy atom. The lowest BCUT2D eigenvalue weighted by molar-refractivity contribution is -0.227. The van der Waals surface area contributed by atoms with Gasteiger partial charge in [-0.3, -0.25) is 4.79 Å². The standard InChI is InChI=1S/C17H28O6/c1-15(2)6-9-10(7-15)16(3,22-5)8-11-13(19)23-14(21-4)17(11,20)12(9)18/h9-12,14,18,20H,6-8H2,1-5H3/t9-,10+,11-,12+,14?,16+,17+/m1/s1. The SMILES string of the molecule is COC1OC(=O)[C@H]2C[C@](C)(OC)[C@H]3CC(C)(C)C[C@H]3[C@H](O)[C@]12O. The fourth-order valence-electron chi connectivity index (χ4n) is 5.21. The number of aliphatic hydroxyl groups excluding tert-OH is 1. The van der Waals surface area contributed by atoms with Crippen molar-refractivity contribution in [2.75, 3.05) is 14.2 Å². The zero-order valence-electron chi connectivity index (χ0n) is 14.5. The predicted molar refractivity (Wildman–Crippen MR) is 81.4 cm³/mol. The Morgan fingerprint density at radius 1 is 1.17 bits per heavy atom. The van der Waals surface area contributed by atoms with Gasteiger partial charge in [-0.15, -0.1) is 0 Å². The topological polar surface area (TPSA) is 85.2 Å². The van der Waals surface area contributed by atoms with Crippen molar-refractivity contribution in [1.29, 1.82) is 0 Å². The Bertz CT molecular complexity index is 505. The third kappa shape index (κ3) is 2.26. The van der Waals surface area contributed by atoms with E-state index in [2.05, 4.69) is 13.8 Å². The lowest BCUT2D eigenvalue weighted by Crippen LogP contribution is -2.56. The number of fused-ring (bicyclic) bond motifs is 2. The molecule has 0 amide bonds. The molecule has 7 atom stereocenters. The molecular weight excluding hydrogens is 300 g/mol. The summed E-state index contributed by atoms with van der Waals surface area (Å²) in [5.41, 5.74) is -2.28. The van der Waals surface area contributed by atoms with Gasteiger partial charge in [-0.2, -0.15) is 0 Å². The van der Waals surface area contributed by atoms with Crippen molar-refractivity contribution in [3.63, 3.8) is 0 Å². The van der Waals surface area contributed by atoms with E-state index in [9.17, 15) is 15.0 Å². The fourth-order valence-corrected chi connectivity index (χ4v) is 5.21. The number of carbonyl (C=O) groups excluding carboxylic acids is 1. The molecule has 0 aromatic rings. The molecule has 23 heavy (non-hydrogen) atoms. The average Bonchev–Trinajstić information content (AvgIpc) is 2.93. The van der Waals surface area contributed by atoms with Crippen LogP contribution >= 0.6 is 0 Å². The van der Waals surface area contributed by atoms with Gasteiger partial charge in [0.2, 0.25) is 6.29 Å². The molecule has 1 heterocycles. The molecule has 2 aliphatic carbocycles. The molecule has 0 aromatic carbocycles. The average molecular weight is 328 g/mol. The van der Waals surface area contributed by atoms with Crippen molar-refractivity contribution in [1.82, 2.24) is 0 Å². The van der Waals surface area contributed by atoms with Crippen molar-refractivity contribution in [3.8, 4) is 0 Å². The van der Waals surface area contributed by atoms with E-state index in [1.807, 2.05) is 6.92 Å². The van der Waals surface area contributed by atoms with Crippen LogP contribution in [-0.2, 0) is 19.0 Å². The first kappa shape index (κ1) is 17.1. The van der Waals surface area contributed by atoms with Gasteiger partial charge in [0.1, 0.15) is 0 Å². The smallest absolute Gasteiger partial charge is 0.314 e. The Kier molecular flexibility index (Phi) is 3.84. The van der Waals surface area contributed by atoms with E-state index in [1.54, 1.807) is 7.11 Å². The highest BCUT2D eigenvalue weighted by Gasteiger charge is 2.69. The summed E-state index contributed by atoms with van der Waals surface area (Å²) in [6.45, 7) is 6.30. The molecular formula is C17H28O6. The molecule has 3 aliphatic rings. The number of carbonyl (C=O) groups is 1. The number of hydrogen-bond acceptors (Lipinski definition) is 6. The lowest BCUT2D eigenvalue weighted by Gasteiger charge is -2.38. The van der Waals surface area contributed by atoms with E-state index in [0.29, 0.717) is 6.42 Å². The van der Waals surface area contributed by atoms with Gasteiger partial charge in [-0.25, -0.2) is 0 Å². The third-order valence-corrected chi connectivity index (χ3v) is 6.47. The third-order valence-electron chi connectivity index (χ3n) is 6.47. The quantitative estimate of drug-likeness (QED) is 0.738. The van der Waals surface area contributed by atoms with Crippen molar-refractivity contribution in [3.05, 3.63) is 0 Å². The van der Waals surface area contributed by atoms with E-state index in [1.165, 1.54) is 7.11 Å². The molecule has 0 radical (unpaired) electrons. The largest absolute Gasteiger partial charge is 0.432 e. The van der Waals surface area contributed by atoms with Crippen molar-refractivity contribution >= 4 is 5.97 Å². The maximum Gasteiger partial charge on any atom is 0.314 e. The fraction of sp³-hybridized carbons (Fsp3) is 0.941. The lowest BCUT2D eigenvalue weighted by atomic mass is 9.77. The molecule has 1 saturated heterocycles. The van der Waals surface area contributed by atoms with Crippen LogP contribution in [0.25, 0.3) is 0 Å². The number of rotatable bonds is 2. The van der Waals surface area contributed by atoms with E-state index >= 15 is 0 Å². The summed E-state index contributed by atoms with van der Waals surface area (Å²) in [6.07, 6.45) is -0.273. The van der Waals surface area contributed by atoms with Crippen molar-refractivity contribution in [2.45, 2.75) is 63.6 Å². The van der Waals surface area contributed by atoms with Crippen molar-refractivity contribution < 1.29 is 29.2 Å². The van der Waals surface area contributed by atoms with Gasteiger partial charge in [0.15, 0.2) is 5.60 Å². The Morgan fingerprint density at radius 2 is 1.83 bits per heavy atom. The van der Waals surface area contributed by atoms with Gasteiger partial charge < -0.3 is 24.4 Å². The molecule has 1 aliphatic heterocycles. The second-order valence-electron chi connectivity index (χ2n) is 8.45. The van der Waals surface area contributed by atoms with Crippen LogP contribution in [0.2, 0.25) is 0 Å². The summed E-state index contributed by atoms with van der Waals surface area (Å²) in [5, 5.41) is 22.3. The molecule has 0 aromatic heterocycles. The summed E-state index contributed by atoms with van der Waals surface area (Å²) in [5.74, 6) is -1.48. The summed E-state index contributed by atoms with van der Waals surface area (Å²) in [7, 11) is 3.01. The molecule has 0 spiro atoms. The summed E-state index contributed by atoms with van der Waals surface area (Å²) in [6, 6.07) is 0. The minimum absolute atomic E-state index is 0.0470. The van der Waals surface area contributed by atoms with Crippen molar-refractivity contribution in [2.24, 2.45) is 23.2 Å². The molecule has 2 saturated carbocycles. The maximum absolute atomic E-state index is 12.3. The highest BCUT2D eigenvalue weighted by atomic mass is 16.7. The molecule has 3 fully saturated rings. The molecule has 1 unspecified atom stereocenters. The Labute approximate surface area is 137 Å². The van der Waals surface area contributed by atoms with E-state index < -0.39 is 35.5 Å². The second-order valence-corrected chi connectivity index (χ2v) is 8.45. The summed E-state index contributed by atoms with van der Waals surface area (Å²) < 4.78 is 16.2. The molecule has 6 nitrogen and oxygen atoms in total. The van der Waals surface area contributed by atoms with Gasteiger partial charge >= 0.3 is 5.97 Å². The Balaban J connectivity index is 2.09. The highest BCUT2D eigenvalue weighted by Crippen LogP contribution is 2.59. The van der Waals surface area contributed by atoms with Crippen LogP contribution in [-0.4, -0.2) is 54.0 Å². The van der Waals surface area contributed by atoms with Gasteiger partial charge in [0.05, 0.1) is 17.6 Å². The maximum atomic E-state index is 12.3. The minimum atomic E-state index is -1.73. The number of hydrogen-bond donors (Lipinski definition) is 2. The zero-order chi connectivity index (χ0) is 17.2. The van der Waals surface area contributed by atoms with Crippen LogP contribution in [0.4, 0.5) is 0 Å². The highest BCUT2D eigenvalue weighted by molar-refractivity contribution is 5.77. The monoisotopic (exact) mass is 328 g/mol. The second kappa shape index (κ2) is 5.15. The van der Waals surface area contributed by atoms with E-state index in [4.69, 9.17) is 14.2 Å². The van der Waals surface area contributed by atoms with E-state index in [-0.39, 0.29) is 17.3 Å². The molecule has 0 bridgehead atoms. The van der Waals surface area contributed by atoms with Gasteiger partial charge in [-0.1, -0.05) is 13.8 Å².